The van der Waals surface area contributed by atoms with Crippen molar-refractivity contribution in [3.05, 3.63) is 65.7 Å². The lowest BCUT2D eigenvalue weighted by Gasteiger charge is -2.47. The van der Waals surface area contributed by atoms with E-state index in [0.717, 1.165) is 17.7 Å². The Labute approximate surface area is 189 Å². The van der Waals surface area contributed by atoms with Crippen molar-refractivity contribution in [2.45, 2.75) is 70.1 Å². The average molecular weight is 421 g/mol. The molecule has 1 atom stereocenters. The standard InChI is InChI=1S/C28H40N2O/c1-4-9-23-16-19-30(21-23)26-14-17-28(18-15-26,29(2)3)25-12-8-13-27(20-25)31-22-24-10-6-5-7-11-24/h5-8,10-13,20,23,26H,4,9,14-19,21-22H2,1-3H3. The van der Waals surface area contributed by atoms with Gasteiger partial charge in [0.1, 0.15) is 12.4 Å². The Bertz CT molecular complexity index is 811. The van der Waals surface area contributed by atoms with Crippen LogP contribution in [0.1, 0.15) is 63.0 Å². The number of nitrogens with zero attached hydrogens (tertiary/aromatic N) is 2. The zero-order chi connectivity index (χ0) is 21.7. The van der Waals surface area contributed by atoms with Crippen molar-refractivity contribution in [1.82, 2.24) is 9.80 Å². The Hall–Kier alpha value is -1.84. The molecule has 3 heteroatoms. The molecule has 2 aliphatic rings. The van der Waals surface area contributed by atoms with Gasteiger partial charge in [-0.2, -0.15) is 0 Å². The molecule has 0 radical (unpaired) electrons. The summed E-state index contributed by atoms with van der Waals surface area (Å²) in [5.74, 6) is 1.91. The summed E-state index contributed by atoms with van der Waals surface area (Å²) in [7, 11) is 4.51. The molecular weight excluding hydrogens is 380 g/mol. The fraction of sp³-hybridized carbons (Fsp3) is 0.571. The van der Waals surface area contributed by atoms with Crippen LogP contribution in [-0.2, 0) is 12.1 Å². The van der Waals surface area contributed by atoms with Crippen LogP contribution >= 0.6 is 0 Å². The Kier molecular flexibility index (Phi) is 7.35. The van der Waals surface area contributed by atoms with Gasteiger partial charge in [0.05, 0.1) is 0 Å². The van der Waals surface area contributed by atoms with E-state index in [9.17, 15) is 0 Å². The van der Waals surface area contributed by atoms with Gasteiger partial charge in [-0.25, -0.2) is 0 Å². The van der Waals surface area contributed by atoms with E-state index in [0.29, 0.717) is 6.61 Å². The van der Waals surface area contributed by atoms with Gasteiger partial charge in [-0.3, -0.25) is 4.90 Å². The van der Waals surface area contributed by atoms with E-state index in [2.05, 4.69) is 79.3 Å². The molecule has 0 amide bonds. The van der Waals surface area contributed by atoms with Crippen LogP contribution in [0.25, 0.3) is 0 Å². The summed E-state index contributed by atoms with van der Waals surface area (Å²) in [5, 5.41) is 0. The highest BCUT2D eigenvalue weighted by atomic mass is 16.5. The number of hydrogen-bond donors (Lipinski definition) is 0. The van der Waals surface area contributed by atoms with Gasteiger partial charge < -0.3 is 9.64 Å². The molecule has 2 aromatic carbocycles. The van der Waals surface area contributed by atoms with E-state index in [4.69, 9.17) is 4.74 Å². The van der Waals surface area contributed by atoms with Crippen molar-refractivity contribution in [3.8, 4) is 5.75 Å². The zero-order valence-electron chi connectivity index (χ0n) is 19.7. The fourth-order valence-electron chi connectivity index (χ4n) is 5.89. The van der Waals surface area contributed by atoms with Crippen LogP contribution < -0.4 is 4.74 Å². The van der Waals surface area contributed by atoms with Gasteiger partial charge in [0.25, 0.3) is 0 Å². The molecule has 0 N–H and O–H groups in total. The predicted molar refractivity (Wildman–Crippen MR) is 129 cm³/mol. The van der Waals surface area contributed by atoms with Crippen LogP contribution in [0.15, 0.2) is 54.6 Å². The molecule has 1 aliphatic heterocycles. The topological polar surface area (TPSA) is 15.7 Å². The van der Waals surface area contributed by atoms with Gasteiger partial charge >= 0.3 is 0 Å². The van der Waals surface area contributed by atoms with Crippen LogP contribution in [0.3, 0.4) is 0 Å². The highest BCUT2D eigenvalue weighted by Gasteiger charge is 2.41. The van der Waals surface area contributed by atoms with Crippen molar-refractivity contribution < 1.29 is 4.74 Å². The van der Waals surface area contributed by atoms with Crippen LogP contribution in [0.5, 0.6) is 5.75 Å². The maximum Gasteiger partial charge on any atom is 0.120 e. The number of ether oxygens (including phenoxy) is 1. The summed E-state index contributed by atoms with van der Waals surface area (Å²) >= 11 is 0. The van der Waals surface area contributed by atoms with Crippen LogP contribution in [0, 0.1) is 5.92 Å². The molecule has 1 saturated heterocycles. The molecule has 31 heavy (non-hydrogen) atoms. The van der Waals surface area contributed by atoms with Crippen molar-refractivity contribution in [2.75, 3.05) is 27.2 Å². The lowest BCUT2D eigenvalue weighted by atomic mass is 9.73. The SMILES string of the molecule is CCCC1CCN(C2CCC(c3cccc(OCc4ccccc4)c3)(N(C)C)CC2)C1. The minimum absolute atomic E-state index is 0.116. The molecule has 4 rings (SSSR count). The third-order valence-electron chi connectivity index (χ3n) is 7.79. The molecule has 1 saturated carbocycles. The van der Waals surface area contributed by atoms with Gasteiger partial charge in [-0.1, -0.05) is 55.8 Å². The first-order chi connectivity index (χ1) is 15.1. The normalized spacial score (nSPS) is 27.0. The van der Waals surface area contributed by atoms with Crippen LogP contribution in [0.2, 0.25) is 0 Å². The molecule has 0 spiro atoms. The average Bonchev–Trinajstić information content (AvgIpc) is 3.27. The first-order valence-corrected chi connectivity index (χ1v) is 12.3. The summed E-state index contributed by atoms with van der Waals surface area (Å²) in [4.78, 5) is 5.27. The van der Waals surface area contributed by atoms with E-state index >= 15 is 0 Å². The Morgan fingerprint density at radius 1 is 1.00 bits per heavy atom. The van der Waals surface area contributed by atoms with Gasteiger partial charge in [0.2, 0.25) is 0 Å². The number of likely N-dealkylation sites (tertiary alicyclic amines) is 1. The summed E-state index contributed by atoms with van der Waals surface area (Å²) in [5.41, 5.74) is 2.74. The van der Waals surface area contributed by atoms with E-state index in [1.165, 1.54) is 69.2 Å². The van der Waals surface area contributed by atoms with Gasteiger partial charge in [0, 0.05) is 18.1 Å². The molecular formula is C28H40N2O. The molecule has 1 aliphatic carbocycles. The highest BCUT2D eigenvalue weighted by Crippen LogP contribution is 2.44. The van der Waals surface area contributed by atoms with Gasteiger partial charge in [-0.15, -0.1) is 0 Å². The van der Waals surface area contributed by atoms with E-state index in [-0.39, 0.29) is 5.54 Å². The first kappa shape index (κ1) is 22.4. The quantitative estimate of drug-likeness (QED) is 0.514. The fourth-order valence-corrected chi connectivity index (χ4v) is 5.89. The third-order valence-corrected chi connectivity index (χ3v) is 7.79. The van der Waals surface area contributed by atoms with E-state index < -0.39 is 0 Å². The van der Waals surface area contributed by atoms with E-state index in [1.807, 2.05) is 6.07 Å². The molecule has 2 fully saturated rings. The molecule has 1 unspecified atom stereocenters. The largest absolute Gasteiger partial charge is 0.489 e. The monoisotopic (exact) mass is 420 g/mol. The summed E-state index contributed by atoms with van der Waals surface area (Å²) in [6, 6.07) is 20.1. The maximum absolute atomic E-state index is 6.16. The zero-order valence-corrected chi connectivity index (χ0v) is 19.7. The predicted octanol–water partition coefficient (Wildman–Crippen LogP) is 6.09. The molecule has 168 valence electrons. The van der Waals surface area contributed by atoms with Gasteiger partial charge in [0.15, 0.2) is 0 Å². The van der Waals surface area contributed by atoms with Crippen molar-refractivity contribution in [1.29, 1.82) is 0 Å². The van der Waals surface area contributed by atoms with Crippen LogP contribution in [-0.4, -0.2) is 43.0 Å². The summed E-state index contributed by atoms with van der Waals surface area (Å²) < 4.78 is 6.16. The second kappa shape index (κ2) is 10.2. The van der Waals surface area contributed by atoms with E-state index in [1.54, 1.807) is 0 Å². The second-order valence-corrected chi connectivity index (χ2v) is 9.90. The minimum Gasteiger partial charge on any atom is -0.489 e. The lowest BCUT2D eigenvalue weighted by Crippen LogP contribution is -2.48. The van der Waals surface area contributed by atoms with Crippen molar-refractivity contribution >= 4 is 0 Å². The third kappa shape index (κ3) is 5.15. The number of hydrogen-bond acceptors (Lipinski definition) is 3. The number of benzene rings is 2. The summed E-state index contributed by atoms with van der Waals surface area (Å²) in [6.45, 7) is 5.59. The minimum atomic E-state index is 0.116. The molecule has 0 aromatic heterocycles. The second-order valence-electron chi connectivity index (χ2n) is 9.90. The molecule has 3 nitrogen and oxygen atoms in total. The van der Waals surface area contributed by atoms with Crippen molar-refractivity contribution in [2.24, 2.45) is 5.92 Å². The molecule has 2 aromatic rings. The smallest absolute Gasteiger partial charge is 0.120 e. The molecule has 0 bridgehead atoms. The number of rotatable bonds is 8. The molecule has 1 heterocycles. The van der Waals surface area contributed by atoms with Crippen molar-refractivity contribution in [3.63, 3.8) is 0 Å². The van der Waals surface area contributed by atoms with Gasteiger partial charge in [-0.05, 0) is 88.3 Å². The maximum atomic E-state index is 6.16. The van der Waals surface area contributed by atoms with Crippen LogP contribution in [0.4, 0.5) is 0 Å². The first-order valence-electron chi connectivity index (χ1n) is 12.3. The Morgan fingerprint density at radius 2 is 1.77 bits per heavy atom. The Balaban J connectivity index is 1.42. The lowest BCUT2D eigenvalue weighted by molar-refractivity contribution is 0.0553. The summed E-state index contributed by atoms with van der Waals surface area (Å²) in [6.07, 6.45) is 9.18. The highest BCUT2D eigenvalue weighted by molar-refractivity contribution is 5.34. The Morgan fingerprint density at radius 3 is 2.48 bits per heavy atom.